The first-order chi connectivity index (χ1) is 31.3. The van der Waals surface area contributed by atoms with Gasteiger partial charge in [-0.15, -0.1) is 18.2 Å². The molecule has 66 heavy (non-hydrogen) atoms. The molecule has 10 rings (SSSR count). The van der Waals surface area contributed by atoms with E-state index in [0.29, 0.717) is 11.8 Å². The van der Waals surface area contributed by atoms with Gasteiger partial charge in [-0.05, 0) is 83.8 Å². The first kappa shape index (κ1) is 46.2. The second kappa shape index (κ2) is 18.6. The van der Waals surface area contributed by atoms with Crippen LogP contribution in [-0.4, -0.2) is 27.8 Å². The molecule has 0 aliphatic rings. The van der Waals surface area contributed by atoms with Crippen molar-refractivity contribution in [1.29, 1.82) is 0 Å². The van der Waals surface area contributed by atoms with Crippen LogP contribution in [0.15, 0.2) is 134 Å². The van der Waals surface area contributed by atoms with Gasteiger partial charge in [0.25, 0.3) is 0 Å². The largest absolute Gasteiger partial charge is 0 e. The minimum Gasteiger partial charge on any atom is 0 e. The van der Waals surface area contributed by atoms with Gasteiger partial charge in [-0.3, -0.25) is 4.98 Å². The molecule has 0 amide bonds. The summed E-state index contributed by atoms with van der Waals surface area (Å²) in [5.41, 5.74) is 11.7. The summed E-state index contributed by atoms with van der Waals surface area (Å²) in [7, 11) is 0. The Bertz CT molecular complexity index is 3410. The molecular weight excluding hydrogens is 1060 g/mol. The smallest absolute Gasteiger partial charge is 0 e. The summed E-state index contributed by atoms with van der Waals surface area (Å²) in [6.07, 6.45) is 2.00. The van der Waals surface area contributed by atoms with Crippen molar-refractivity contribution in [2.75, 3.05) is 0 Å². The summed E-state index contributed by atoms with van der Waals surface area (Å²) in [5, 5.41) is 7.76. The van der Waals surface area contributed by atoms with Gasteiger partial charge in [0.2, 0.25) is 0 Å². The molecule has 0 aliphatic carbocycles. The number of pyridine rings is 1. The third-order valence-corrected chi connectivity index (χ3v) is 18.3. The minimum absolute atomic E-state index is 0. The second-order valence-corrected chi connectivity index (χ2v) is 32.1. The first-order valence-corrected chi connectivity index (χ1v) is 31.3. The molecule has 10 aromatic rings. The number of imidazole rings is 1. The number of hydrogen-bond acceptors (Lipinski definition) is 3. The molecule has 0 atom stereocenters. The van der Waals surface area contributed by atoms with Gasteiger partial charge in [0.1, 0.15) is 0 Å². The van der Waals surface area contributed by atoms with Crippen molar-refractivity contribution in [3.05, 3.63) is 168 Å². The van der Waals surface area contributed by atoms with Crippen LogP contribution < -0.4 is 4.40 Å². The maximum Gasteiger partial charge on any atom is 0 e. The Morgan fingerprint density at radius 2 is 1.36 bits per heavy atom. The SMILES string of the molecule is CC(C)c1cc(C(C)(C)C)cc(C(C)C)c1-n1c(-c2[c-]ccc3c2sc2ccc4c5ccccc5ccc4c23)nc2ccccc21.[2H]C(C)(C)c1cc(-c2[c-]cccc2)nc[c]1[Ge]([CH3])([CH3])[CH3].[Ir]. The van der Waals surface area contributed by atoms with Crippen LogP contribution in [0.4, 0.5) is 0 Å². The molecule has 0 bridgehead atoms. The molecular formula is C60H61GeIrN3S-2. The predicted molar refractivity (Wildman–Crippen MR) is 286 cm³/mol. The molecule has 0 N–H and O–H groups in total. The molecule has 3 nitrogen and oxygen atoms in total. The zero-order valence-electron chi connectivity index (χ0n) is 41.4. The van der Waals surface area contributed by atoms with Gasteiger partial charge in [0.05, 0.1) is 16.9 Å². The summed E-state index contributed by atoms with van der Waals surface area (Å²) in [6.45, 7) is 20.2. The quantitative estimate of drug-likeness (QED) is 0.0905. The Kier molecular flexibility index (Phi) is 13.1. The minimum atomic E-state index is -2.03. The predicted octanol–water partition coefficient (Wildman–Crippen LogP) is 16.9. The summed E-state index contributed by atoms with van der Waals surface area (Å²) < 4.78 is 14.7. The van der Waals surface area contributed by atoms with Crippen molar-refractivity contribution in [1.82, 2.24) is 14.5 Å². The van der Waals surface area contributed by atoms with Crippen LogP contribution in [0.25, 0.3) is 81.1 Å². The van der Waals surface area contributed by atoms with Crippen LogP contribution in [0.2, 0.25) is 17.3 Å². The Hall–Kier alpha value is -4.91. The van der Waals surface area contributed by atoms with Crippen molar-refractivity contribution >= 4 is 81.7 Å². The molecule has 1 radical (unpaired) electrons. The molecule has 6 heteroatoms. The number of rotatable bonds is 7. The van der Waals surface area contributed by atoms with E-state index in [0.717, 1.165) is 39.2 Å². The van der Waals surface area contributed by atoms with Crippen molar-refractivity contribution in [3.63, 3.8) is 0 Å². The fraction of sp³-hybridized carbons (Fsp3) is 0.267. The normalized spacial score (nSPS) is 12.6. The van der Waals surface area contributed by atoms with Crippen LogP contribution >= 0.6 is 11.3 Å². The molecule has 0 unspecified atom stereocenters. The Labute approximate surface area is 413 Å². The molecule has 337 valence electrons. The van der Waals surface area contributed by atoms with Crippen LogP contribution in [0.5, 0.6) is 0 Å². The summed E-state index contributed by atoms with van der Waals surface area (Å²) in [6, 6.07) is 52.6. The van der Waals surface area contributed by atoms with Gasteiger partial charge in [-0.25, -0.2) is 0 Å². The third kappa shape index (κ3) is 8.85. The van der Waals surface area contributed by atoms with Crippen LogP contribution in [0, 0.1) is 12.1 Å². The average Bonchev–Trinajstić information content (AvgIpc) is 3.87. The number of hydrogen-bond donors (Lipinski definition) is 0. The van der Waals surface area contributed by atoms with Crippen LogP contribution in [0.3, 0.4) is 0 Å². The number of nitrogens with zero attached hydrogens (tertiary/aromatic N) is 3. The number of para-hydroxylation sites is 2. The van der Waals surface area contributed by atoms with Crippen molar-refractivity contribution < 1.29 is 21.5 Å². The molecule has 0 spiro atoms. The average molecular weight is 1120 g/mol. The Morgan fingerprint density at radius 1 is 0.682 bits per heavy atom. The van der Waals surface area contributed by atoms with Gasteiger partial charge >= 0.3 is 120 Å². The monoisotopic (exact) mass is 1120 g/mol. The summed E-state index contributed by atoms with van der Waals surface area (Å²) >= 11 is -0.166. The van der Waals surface area contributed by atoms with E-state index >= 15 is 0 Å². The van der Waals surface area contributed by atoms with E-state index in [4.69, 9.17) is 6.35 Å². The molecule has 3 heterocycles. The molecule has 3 aromatic heterocycles. The molecule has 7 aromatic carbocycles. The van der Waals surface area contributed by atoms with Gasteiger partial charge in [-0.1, -0.05) is 126 Å². The fourth-order valence-electron chi connectivity index (χ4n) is 9.33. The maximum absolute atomic E-state index is 8.44. The zero-order valence-corrected chi connectivity index (χ0v) is 45.7. The maximum atomic E-state index is 8.44. The van der Waals surface area contributed by atoms with Crippen molar-refractivity contribution in [3.8, 4) is 28.3 Å². The van der Waals surface area contributed by atoms with E-state index in [1.165, 1.54) is 68.5 Å². The third-order valence-electron chi connectivity index (χ3n) is 12.8. The van der Waals surface area contributed by atoms with Gasteiger partial charge in [0.15, 0.2) is 0 Å². The molecule has 0 aliphatic heterocycles. The number of thiophene rings is 1. The van der Waals surface area contributed by atoms with E-state index in [2.05, 4.69) is 191 Å². The number of aromatic nitrogens is 3. The Morgan fingerprint density at radius 3 is 2.03 bits per heavy atom. The Balaban J connectivity index is 0.000000244. The molecule has 0 fully saturated rings. The van der Waals surface area contributed by atoms with Gasteiger partial charge in [0, 0.05) is 30.5 Å². The van der Waals surface area contributed by atoms with E-state index in [1.54, 1.807) is 0 Å². The van der Waals surface area contributed by atoms with E-state index < -0.39 is 19.2 Å². The number of fused-ring (bicyclic) bond motifs is 8. The topological polar surface area (TPSA) is 30.7 Å². The second-order valence-electron chi connectivity index (χ2n) is 20.5. The van der Waals surface area contributed by atoms with Crippen LogP contribution in [-0.2, 0) is 25.5 Å². The summed E-state index contributed by atoms with van der Waals surface area (Å²) in [5.74, 6) is 8.09. The van der Waals surface area contributed by atoms with Gasteiger partial charge in [-0.2, -0.15) is 11.3 Å². The zero-order chi connectivity index (χ0) is 46.9. The van der Waals surface area contributed by atoms with Crippen molar-refractivity contribution in [2.24, 2.45) is 0 Å². The molecule has 0 saturated heterocycles. The summed E-state index contributed by atoms with van der Waals surface area (Å²) in [4.78, 5) is 10.0. The fourth-order valence-corrected chi connectivity index (χ4v) is 13.9. The van der Waals surface area contributed by atoms with Crippen LogP contribution in [0.1, 0.15) is 104 Å². The van der Waals surface area contributed by atoms with Gasteiger partial charge < -0.3 is 4.57 Å². The number of benzene rings is 7. The van der Waals surface area contributed by atoms with E-state index in [1.807, 2.05) is 55.6 Å². The molecule has 0 saturated carbocycles. The van der Waals surface area contributed by atoms with Crippen molar-refractivity contribution in [2.45, 2.75) is 103 Å². The standard InChI is InChI=1S/C43H39N2S.C17H22GeN.Ir/c1-25(2)34-23-28(43(5,6)7)24-35(26(3)4)40(34)45-37-18-11-10-17-36(37)44-42(45)33-16-12-15-32-39-31-20-19-27-13-8-9-14-29(27)30(31)21-22-38(39)46-41(32)33;1-13(2)15-11-17(14-9-7-6-8-10-14)19-12-16(15)18(3,4)5;/h8-15,17-26H,1-7H3;6-9,11-13H,1-5H3;/q2*-1;/i;13D;. The first-order valence-electron chi connectivity index (χ1n) is 23.6. The van der Waals surface area contributed by atoms with E-state index in [9.17, 15) is 0 Å². The van der Waals surface area contributed by atoms with E-state index in [-0.39, 0.29) is 25.5 Å².